The van der Waals surface area contributed by atoms with E-state index in [0.29, 0.717) is 55.5 Å². The Morgan fingerprint density at radius 1 is 1.02 bits per heavy atom. The van der Waals surface area contributed by atoms with Crippen LogP contribution in [0.3, 0.4) is 0 Å². The summed E-state index contributed by atoms with van der Waals surface area (Å²) in [4.78, 5) is 45.0. The summed E-state index contributed by atoms with van der Waals surface area (Å²) >= 11 is 0. The Morgan fingerprint density at radius 3 is 2.68 bits per heavy atom. The molecule has 8 bridgehead atoms. The average Bonchev–Trinajstić information content (AvgIpc) is 3.00. The summed E-state index contributed by atoms with van der Waals surface area (Å²) in [6.07, 6.45) is 1.32. The van der Waals surface area contributed by atoms with Gasteiger partial charge >= 0.3 is 5.69 Å². The quantitative estimate of drug-likeness (QED) is 0.360. The smallest absolute Gasteiger partial charge is 0.347 e. The van der Waals surface area contributed by atoms with Crippen LogP contribution in [0.25, 0.3) is 0 Å². The van der Waals surface area contributed by atoms with Crippen LogP contribution in [-0.2, 0) is 17.8 Å². The topological polar surface area (TPSA) is 123 Å². The van der Waals surface area contributed by atoms with Crippen molar-refractivity contribution in [3.63, 3.8) is 0 Å². The first kappa shape index (κ1) is 29.0. The van der Waals surface area contributed by atoms with Crippen molar-refractivity contribution in [3.8, 4) is 23.0 Å². The molecule has 7 rings (SSSR count). The molecule has 2 amide bonds. The predicted molar refractivity (Wildman–Crippen MR) is 163 cm³/mol. The number of fused-ring (bicyclic) bond motifs is 6. The monoisotopic (exact) mass is 594 g/mol. The first-order valence-electron chi connectivity index (χ1n) is 14.8. The van der Waals surface area contributed by atoms with Gasteiger partial charge in [0.15, 0.2) is 0 Å². The van der Waals surface area contributed by atoms with Crippen LogP contribution in [0.4, 0.5) is 0 Å². The summed E-state index contributed by atoms with van der Waals surface area (Å²) in [6, 6.07) is 19.6. The first-order valence-corrected chi connectivity index (χ1v) is 14.8. The molecule has 1 aromatic heterocycles. The molecule has 10 heteroatoms. The molecule has 44 heavy (non-hydrogen) atoms. The number of amides is 2. The van der Waals surface area contributed by atoms with Gasteiger partial charge in [0.05, 0.1) is 18.2 Å². The third kappa shape index (κ3) is 6.01. The van der Waals surface area contributed by atoms with Crippen molar-refractivity contribution in [2.75, 3.05) is 19.7 Å². The highest BCUT2D eigenvalue weighted by Crippen LogP contribution is 2.39. The molecule has 4 aromatic rings. The van der Waals surface area contributed by atoms with E-state index >= 15 is 0 Å². The molecule has 0 saturated heterocycles. The molecule has 10 nitrogen and oxygen atoms in total. The minimum absolute atomic E-state index is 0.0614. The number of phenolic OH excluding ortho intramolecular Hbond substituents is 1. The lowest BCUT2D eigenvalue weighted by molar-refractivity contribution is -0.133. The fourth-order valence-electron chi connectivity index (χ4n) is 5.92. The number of hydrogen-bond acceptors (Lipinski definition) is 7. The summed E-state index contributed by atoms with van der Waals surface area (Å²) in [5, 5.41) is 13.1. The molecule has 0 radical (unpaired) electrons. The van der Waals surface area contributed by atoms with E-state index < -0.39 is 5.91 Å². The van der Waals surface area contributed by atoms with Crippen LogP contribution in [0.1, 0.15) is 57.3 Å². The zero-order chi connectivity index (χ0) is 30.8. The number of aromatic nitrogens is 2. The Labute approximate surface area is 254 Å². The zero-order valence-electron chi connectivity index (χ0n) is 24.7. The average molecular weight is 595 g/mol. The Bertz CT molecular complexity index is 1800. The highest BCUT2D eigenvalue weighted by molar-refractivity contribution is 5.97. The van der Waals surface area contributed by atoms with Crippen LogP contribution in [0.15, 0.2) is 71.5 Å². The Morgan fingerprint density at radius 2 is 1.84 bits per heavy atom. The fraction of sp³-hybridized carbons (Fsp3) is 0.294. The van der Waals surface area contributed by atoms with Crippen LogP contribution < -0.4 is 20.5 Å². The van der Waals surface area contributed by atoms with Crippen molar-refractivity contribution in [3.05, 3.63) is 111 Å². The van der Waals surface area contributed by atoms with E-state index in [0.717, 1.165) is 22.4 Å². The van der Waals surface area contributed by atoms with Gasteiger partial charge in [0, 0.05) is 37.4 Å². The largest absolute Gasteiger partial charge is 0.507 e. The summed E-state index contributed by atoms with van der Waals surface area (Å²) < 4.78 is 13.7. The van der Waals surface area contributed by atoms with E-state index in [1.807, 2.05) is 60.4 Å². The molecular formula is C34H34N4O6. The van der Waals surface area contributed by atoms with Crippen molar-refractivity contribution < 1.29 is 24.2 Å². The number of aromatic hydroxyl groups is 1. The first-order chi connectivity index (χ1) is 21.3. The van der Waals surface area contributed by atoms with Crippen LogP contribution in [0.5, 0.6) is 23.0 Å². The number of rotatable bonds is 3. The molecule has 4 heterocycles. The van der Waals surface area contributed by atoms with Crippen molar-refractivity contribution >= 4 is 11.8 Å². The third-order valence-corrected chi connectivity index (χ3v) is 8.06. The number of carbonyl (C=O) groups excluding carboxylic acids is 2. The molecule has 3 aliphatic rings. The number of nitrogens with one attached hydrogen (secondary N) is 1. The van der Waals surface area contributed by atoms with Gasteiger partial charge in [0.2, 0.25) is 5.91 Å². The lowest BCUT2D eigenvalue weighted by atomic mass is 9.87. The lowest BCUT2D eigenvalue weighted by Gasteiger charge is -2.38. The minimum Gasteiger partial charge on any atom is -0.507 e. The second-order valence-electron chi connectivity index (χ2n) is 11.1. The number of carbonyl (C=O) groups is 2. The number of aryl methyl sites for hydroxylation is 2. The van der Waals surface area contributed by atoms with Gasteiger partial charge in [-0.15, -0.1) is 0 Å². The van der Waals surface area contributed by atoms with Gasteiger partial charge in [-0.1, -0.05) is 18.2 Å². The van der Waals surface area contributed by atoms with Crippen LogP contribution in [0.2, 0.25) is 0 Å². The molecule has 226 valence electrons. The third-order valence-electron chi connectivity index (χ3n) is 8.06. The van der Waals surface area contributed by atoms with Gasteiger partial charge < -0.3 is 24.8 Å². The number of nitrogens with zero attached hydrogens (tertiary/aromatic N) is 3. The molecule has 3 aromatic carbocycles. The van der Waals surface area contributed by atoms with Gasteiger partial charge in [0.25, 0.3) is 5.91 Å². The van der Waals surface area contributed by atoms with E-state index in [-0.39, 0.29) is 41.9 Å². The summed E-state index contributed by atoms with van der Waals surface area (Å²) in [5.41, 5.74) is 4.13. The Balaban J connectivity index is 1.35. The molecular weight excluding hydrogens is 560 g/mol. The number of ether oxygens (including phenoxy) is 2. The zero-order valence-corrected chi connectivity index (χ0v) is 24.7. The standard InChI is InChI=1S/C34H34N4O6/c1-21-17-22(2)37(34(42)36-21)15-12-31(40)38-14-11-23-18-26-7-9-28(23)32(38)24-5-3-6-25(19-24)43-16-4-13-35-33(41)29-20-27(44-26)8-10-30(29)39/h3,5-10,17-20,32,39H,4,11-16H2,1-2H3,(H,35,41). The van der Waals surface area contributed by atoms with E-state index in [2.05, 4.69) is 10.3 Å². The molecule has 0 spiro atoms. The van der Waals surface area contributed by atoms with E-state index in [9.17, 15) is 19.5 Å². The number of phenols is 1. The molecule has 1 unspecified atom stereocenters. The molecule has 2 N–H and O–H groups in total. The van der Waals surface area contributed by atoms with Gasteiger partial charge in [-0.3, -0.25) is 14.2 Å². The molecule has 1 atom stereocenters. The van der Waals surface area contributed by atoms with Gasteiger partial charge in [-0.2, -0.15) is 4.98 Å². The maximum Gasteiger partial charge on any atom is 0.347 e. The summed E-state index contributed by atoms with van der Waals surface area (Å²) in [7, 11) is 0. The SMILES string of the molecule is Cc1cc(C)n(CCC(=O)N2CCc3cc4ccc3C2c2cccc(c2)OCCCNC(=O)c2cc(ccc2O)O4)c(=O)n1. The second-order valence-corrected chi connectivity index (χ2v) is 11.1. The molecule has 0 saturated carbocycles. The van der Waals surface area contributed by atoms with E-state index in [1.165, 1.54) is 12.1 Å². The minimum atomic E-state index is -0.396. The van der Waals surface area contributed by atoms with Crippen molar-refractivity contribution in [1.82, 2.24) is 19.8 Å². The normalized spacial score (nSPS) is 16.3. The predicted octanol–water partition coefficient (Wildman–Crippen LogP) is 4.43. The number of hydrogen-bond donors (Lipinski definition) is 2. The van der Waals surface area contributed by atoms with Crippen molar-refractivity contribution in [1.29, 1.82) is 0 Å². The van der Waals surface area contributed by atoms with Crippen LogP contribution in [0, 0.1) is 13.8 Å². The second kappa shape index (κ2) is 12.2. The maximum absolute atomic E-state index is 13.8. The highest BCUT2D eigenvalue weighted by atomic mass is 16.5. The maximum atomic E-state index is 13.8. The molecule has 0 aliphatic carbocycles. The van der Waals surface area contributed by atoms with E-state index in [4.69, 9.17) is 9.47 Å². The van der Waals surface area contributed by atoms with Crippen LogP contribution in [-0.4, -0.2) is 51.1 Å². The highest BCUT2D eigenvalue weighted by Gasteiger charge is 2.32. The van der Waals surface area contributed by atoms with E-state index in [1.54, 1.807) is 17.6 Å². The number of benzene rings is 3. The van der Waals surface area contributed by atoms with Gasteiger partial charge in [-0.25, -0.2) is 4.79 Å². The molecule has 3 aliphatic heterocycles. The van der Waals surface area contributed by atoms with Crippen molar-refractivity contribution in [2.24, 2.45) is 0 Å². The Kier molecular flexibility index (Phi) is 8.06. The Hall–Kier alpha value is -5.12. The van der Waals surface area contributed by atoms with Crippen molar-refractivity contribution in [2.45, 2.75) is 45.7 Å². The molecule has 0 fully saturated rings. The summed E-state index contributed by atoms with van der Waals surface area (Å²) in [5.74, 6) is 1.08. The van der Waals surface area contributed by atoms with Gasteiger partial charge in [-0.05, 0) is 91.9 Å². The van der Waals surface area contributed by atoms with Crippen LogP contribution >= 0.6 is 0 Å². The summed E-state index contributed by atoms with van der Waals surface area (Å²) in [6.45, 7) is 5.08. The lowest BCUT2D eigenvalue weighted by Crippen LogP contribution is -2.41. The van der Waals surface area contributed by atoms with Gasteiger partial charge in [0.1, 0.15) is 23.0 Å². The fourth-order valence-corrected chi connectivity index (χ4v) is 5.92.